The number of ether oxygens (including phenoxy) is 1. The maximum atomic E-state index is 11.3. The van der Waals surface area contributed by atoms with Gasteiger partial charge in [0, 0.05) is 5.38 Å². The van der Waals surface area contributed by atoms with E-state index >= 15 is 0 Å². The molecule has 7 nitrogen and oxygen atoms in total. The molecule has 0 aliphatic heterocycles. The number of carbonyl (C=O) groups excluding carboxylic acids is 1. The molecule has 1 aromatic rings. The molecule has 3 N–H and O–H groups in total. The largest absolute Gasteiger partial charge is 0.444 e. The Hall–Kier alpha value is -1.19. The molecule has 1 rings (SSSR count). The van der Waals surface area contributed by atoms with Gasteiger partial charge in [-0.25, -0.2) is 23.3 Å². The van der Waals surface area contributed by atoms with Crippen molar-refractivity contribution < 1.29 is 17.9 Å². The summed E-state index contributed by atoms with van der Waals surface area (Å²) in [5.74, 6) is 0.0910. The van der Waals surface area contributed by atoms with E-state index in [9.17, 15) is 13.2 Å². The quantitative estimate of drug-likeness (QED) is 0.843. The van der Waals surface area contributed by atoms with Gasteiger partial charge in [0.25, 0.3) is 10.0 Å². The van der Waals surface area contributed by atoms with Gasteiger partial charge in [-0.15, -0.1) is 11.3 Å². The summed E-state index contributed by atoms with van der Waals surface area (Å²) in [6.45, 7) is 5.14. The molecule has 9 heteroatoms. The highest BCUT2D eigenvalue weighted by molar-refractivity contribution is 7.91. The first-order valence-electron chi connectivity index (χ1n) is 4.56. The van der Waals surface area contributed by atoms with E-state index in [1.165, 1.54) is 5.38 Å². The molecule has 1 heterocycles. The minimum atomic E-state index is -3.84. The normalized spacial score (nSPS) is 12.2. The summed E-state index contributed by atoms with van der Waals surface area (Å²) in [6, 6.07) is 0. The lowest BCUT2D eigenvalue weighted by Crippen LogP contribution is -2.27. The average molecular weight is 279 g/mol. The van der Waals surface area contributed by atoms with Crippen LogP contribution in [0.1, 0.15) is 20.8 Å². The van der Waals surface area contributed by atoms with Gasteiger partial charge in [-0.2, -0.15) is 0 Å². The Morgan fingerprint density at radius 1 is 1.53 bits per heavy atom. The minimum Gasteiger partial charge on any atom is -0.444 e. The number of rotatable bonds is 2. The molecule has 1 aromatic heterocycles. The molecule has 0 saturated carbocycles. The van der Waals surface area contributed by atoms with E-state index in [0.717, 1.165) is 11.3 Å². The van der Waals surface area contributed by atoms with Gasteiger partial charge in [0.15, 0.2) is 0 Å². The fourth-order valence-electron chi connectivity index (χ4n) is 0.854. The molecule has 0 atom stereocenters. The lowest BCUT2D eigenvalue weighted by atomic mass is 10.2. The van der Waals surface area contributed by atoms with E-state index in [1.54, 1.807) is 20.8 Å². The number of primary sulfonamides is 1. The summed E-state index contributed by atoms with van der Waals surface area (Å²) >= 11 is 0.822. The second-order valence-corrected chi connectivity index (χ2v) is 6.76. The van der Waals surface area contributed by atoms with Gasteiger partial charge in [-0.05, 0) is 20.8 Å². The number of thiazole rings is 1. The van der Waals surface area contributed by atoms with Crippen molar-refractivity contribution in [3.05, 3.63) is 5.38 Å². The number of aromatic nitrogens is 1. The van der Waals surface area contributed by atoms with Crippen LogP contribution < -0.4 is 10.5 Å². The molecule has 0 bridgehead atoms. The number of nitrogens with two attached hydrogens (primary N) is 1. The van der Waals surface area contributed by atoms with E-state index < -0.39 is 21.7 Å². The molecule has 0 aliphatic carbocycles. The lowest BCUT2D eigenvalue weighted by molar-refractivity contribution is 0.0635. The van der Waals surface area contributed by atoms with Crippen molar-refractivity contribution in [3.8, 4) is 0 Å². The molecule has 1 amide bonds. The average Bonchev–Trinajstić information content (AvgIpc) is 2.47. The summed E-state index contributed by atoms with van der Waals surface area (Å²) in [4.78, 5) is 15.0. The van der Waals surface area contributed by atoms with Gasteiger partial charge in [0.05, 0.1) is 0 Å². The van der Waals surface area contributed by atoms with Crippen LogP contribution in [0, 0.1) is 0 Å². The number of sulfonamides is 1. The van der Waals surface area contributed by atoms with Gasteiger partial charge >= 0.3 is 6.09 Å². The molecular weight excluding hydrogens is 266 g/mol. The van der Waals surface area contributed by atoms with Crippen molar-refractivity contribution >= 4 is 33.3 Å². The minimum absolute atomic E-state index is 0.0910. The topological polar surface area (TPSA) is 111 Å². The van der Waals surface area contributed by atoms with Crippen LogP contribution in [0.25, 0.3) is 0 Å². The number of hydrogen-bond donors (Lipinski definition) is 2. The number of nitrogens with zero attached hydrogens (tertiary/aromatic N) is 1. The number of hydrogen-bond acceptors (Lipinski definition) is 6. The zero-order valence-corrected chi connectivity index (χ0v) is 11.2. The summed E-state index contributed by atoms with van der Waals surface area (Å²) in [5, 5.41) is 8.55. The van der Waals surface area contributed by atoms with Crippen LogP contribution in [-0.4, -0.2) is 25.1 Å². The maximum absolute atomic E-state index is 11.3. The Balaban J connectivity index is 2.71. The molecule has 0 aliphatic rings. The van der Waals surface area contributed by atoms with Crippen LogP contribution in [0.15, 0.2) is 9.72 Å². The van der Waals surface area contributed by atoms with E-state index in [1.807, 2.05) is 0 Å². The third kappa shape index (κ3) is 4.67. The Bertz CT molecular complexity index is 515. The molecule has 0 fully saturated rings. The predicted octanol–water partition coefficient (Wildman–Crippen LogP) is 1.14. The van der Waals surface area contributed by atoms with Crippen molar-refractivity contribution in [1.29, 1.82) is 0 Å². The van der Waals surface area contributed by atoms with Crippen molar-refractivity contribution in [2.24, 2.45) is 5.14 Å². The Kier molecular flexibility index (Phi) is 3.74. The van der Waals surface area contributed by atoms with Crippen LogP contribution in [0.4, 0.5) is 10.6 Å². The third-order valence-corrected chi connectivity index (χ3v) is 3.55. The summed E-state index contributed by atoms with van der Waals surface area (Å²) in [6.07, 6.45) is -0.705. The second kappa shape index (κ2) is 4.59. The monoisotopic (exact) mass is 279 g/mol. The highest BCUT2D eigenvalue weighted by Crippen LogP contribution is 2.18. The maximum Gasteiger partial charge on any atom is 0.413 e. The van der Waals surface area contributed by atoms with Crippen molar-refractivity contribution in [3.63, 3.8) is 0 Å². The number of nitrogens with one attached hydrogen (secondary N) is 1. The fraction of sp³-hybridized carbons (Fsp3) is 0.500. The Labute approximate surface area is 103 Å². The zero-order chi connectivity index (χ0) is 13.3. The SMILES string of the molecule is CC(C)(C)OC(=O)Nc1csc(S(N)(=O)=O)n1. The smallest absolute Gasteiger partial charge is 0.413 e. The van der Waals surface area contributed by atoms with E-state index in [0.29, 0.717) is 0 Å². The van der Waals surface area contributed by atoms with Gasteiger partial charge in [0.1, 0.15) is 11.4 Å². The Morgan fingerprint density at radius 3 is 2.53 bits per heavy atom. The van der Waals surface area contributed by atoms with Crippen LogP contribution in [0.3, 0.4) is 0 Å². The van der Waals surface area contributed by atoms with Gasteiger partial charge < -0.3 is 4.74 Å². The van der Waals surface area contributed by atoms with Crippen molar-refractivity contribution in [2.75, 3.05) is 5.32 Å². The Morgan fingerprint density at radius 2 is 2.12 bits per heavy atom. The first-order valence-corrected chi connectivity index (χ1v) is 6.99. The number of anilines is 1. The first-order chi connectivity index (χ1) is 7.58. The second-order valence-electron chi connectivity index (χ2n) is 4.17. The summed E-state index contributed by atoms with van der Waals surface area (Å²) in [7, 11) is -3.84. The fourth-order valence-corrected chi connectivity index (χ4v) is 2.24. The zero-order valence-electron chi connectivity index (χ0n) is 9.55. The van der Waals surface area contributed by atoms with Crippen LogP contribution in [0.2, 0.25) is 0 Å². The van der Waals surface area contributed by atoms with Crippen LogP contribution >= 0.6 is 11.3 Å². The molecule has 0 radical (unpaired) electrons. The predicted molar refractivity (Wildman–Crippen MR) is 63.3 cm³/mol. The molecule has 0 unspecified atom stereocenters. The number of amides is 1. The van der Waals surface area contributed by atoms with E-state index in [-0.39, 0.29) is 10.2 Å². The summed E-state index contributed by atoms with van der Waals surface area (Å²) < 4.78 is 26.6. The van der Waals surface area contributed by atoms with Gasteiger partial charge in [-0.1, -0.05) is 0 Å². The highest BCUT2D eigenvalue weighted by atomic mass is 32.2. The molecular formula is C8H13N3O4S2. The van der Waals surface area contributed by atoms with E-state index in [4.69, 9.17) is 9.88 Å². The van der Waals surface area contributed by atoms with E-state index in [2.05, 4.69) is 10.3 Å². The van der Waals surface area contributed by atoms with Gasteiger partial charge in [0.2, 0.25) is 4.34 Å². The highest BCUT2D eigenvalue weighted by Gasteiger charge is 2.18. The summed E-state index contributed by atoms with van der Waals surface area (Å²) in [5.41, 5.74) is -0.636. The van der Waals surface area contributed by atoms with Crippen molar-refractivity contribution in [2.45, 2.75) is 30.7 Å². The number of carbonyl (C=O) groups is 1. The molecule has 17 heavy (non-hydrogen) atoms. The molecule has 96 valence electrons. The molecule has 0 spiro atoms. The van der Waals surface area contributed by atoms with Crippen molar-refractivity contribution in [1.82, 2.24) is 4.98 Å². The standard InChI is InChI=1S/C8H13N3O4S2/c1-8(2,3)15-6(12)10-5-4-16-7(11-5)17(9,13)14/h4H,1-3H3,(H,10,12)(H2,9,13,14). The first kappa shape index (κ1) is 13.9. The van der Waals surface area contributed by atoms with Crippen LogP contribution in [-0.2, 0) is 14.8 Å². The molecule has 0 aromatic carbocycles. The third-order valence-electron chi connectivity index (χ3n) is 1.36. The molecule has 0 saturated heterocycles. The van der Waals surface area contributed by atoms with Gasteiger partial charge in [-0.3, -0.25) is 5.32 Å². The van der Waals surface area contributed by atoms with Crippen LogP contribution in [0.5, 0.6) is 0 Å². The lowest BCUT2D eigenvalue weighted by Gasteiger charge is -2.18.